The molecule has 2 rings (SSSR count). The van der Waals surface area contributed by atoms with Crippen LogP contribution in [0.4, 0.5) is 0 Å². The maximum absolute atomic E-state index is 4.34. The van der Waals surface area contributed by atoms with E-state index < -0.39 is 0 Å². The summed E-state index contributed by atoms with van der Waals surface area (Å²) in [5.74, 6) is 1.09. The van der Waals surface area contributed by atoms with E-state index in [0.717, 1.165) is 38.5 Å². The third-order valence-corrected chi connectivity index (χ3v) is 3.13. The Hall–Kier alpha value is -0.940. The molecular weight excluding hydrogens is 202 g/mol. The zero-order chi connectivity index (χ0) is 11.4. The first-order chi connectivity index (χ1) is 7.85. The lowest BCUT2D eigenvalue weighted by atomic mass is 10.1. The molecule has 1 N–H and O–H groups in total. The van der Waals surface area contributed by atoms with E-state index >= 15 is 0 Å². The lowest BCUT2D eigenvalue weighted by Gasteiger charge is -2.37. The third-order valence-electron chi connectivity index (χ3n) is 3.13. The first kappa shape index (κ1) is 11.5. The molecule has 5 heteroatoms. The zero-order valence-electron chi connectivity index (χ0n) is 10.2. The van der Waals surface area contributed by atoms with Crippen molar-refractivity contribution in [1.29, 1.82) is 0 Å². The van der Waals surface area contributed by atoms with Crippen molar-refractivity contribution in [3.05, 3.63) is 12.2 Å². The summed E-state index contributed by atoms with van der Waals surface area (Å²) in [6.07, 6.45) is 2.85. The molecule has 1 aliphatic heterocycles. The van der Waals surface area contributed by atoms with Gasteiger partial charge in [-0.25, -0.2) is 9.67 Å². The van der Waals surface area contributed by atoms with Gasteiger partial charge in [-0.05, 0) is 19.9 Å². The lowest BCUT2D eigenvalue weighted by Crippen LogP contribution is -2.57. The molecule has 90 valence electrons. The number of rotatable bonds is 6. The van der Waals surface area contributed by atoms with Crippen LogP contribution in [0.15, 0.2) is 6.33 Å². The fraction of sp³-hybridized carbons (Fsp3) is 0.818. The second-order valence-electron chi connectivity index (χ2n) is 4.27. The second kappa shape index (κ2) is 5.41. The Morgan fingerprint density at radius 3 is 2.88 bits per heavy atom. The van der Waals surface area contributed by atoms with E-state index in [4.69, 9.17) is 0 Å². The van der Waals surface area contributed by atoms with Gasteiger partial charge in [0, 0.05) is 25.7 Å². The largest absolute Gasteiger partial charge is 0.314 e. The molecule has 0 aromatic carbocycles. The molecule has 0 aliphatic carbocycles. The van der Waals surface area contributed by atoms with Crippen LogP contribution in [0.1, 0.15) is 26.1 Å². The Kier molecular flexibility index (Phi) is 3.90. The highest BCUT2D eigenvalue weighted by molar-refractivity contribution is 4.90. The van der Waals surface area contributed by atoms with Crippen molar-refractivity contribution in [1.82, 2.24) is 25.0 Å². The van der Waals surface area contributed by atoms with E-state index in [0.29, 0.717) is 6.04 Å². The molecule has 1 fully saturated rings. The number of hydrogen-bond donors (Lipinski definition) is 1. The molecular formula is C11H21N5. The van der Waals surface area contributed by atoms with Gasteiger partial charge in [-0.3, -0.25) is 4.90 Å². The average Bonchev–Trinajstić information content (AvgIpc) is 2.63. The molecule has 0 radical (unpaired) electrons. The summed E-state index contributed by atoms with van der Waals surface area (Å²) in [5, 5.41) is 7.54. The van der Waals surface area contributed by atoms with E-state index in [9.17, 15) is 0 Å². The van der Waals surface area contributed by atoms with Crippen LogP contribution in [0.25, 0.3) is 0 Å². The fourth-order valence-electron chi connectivity index (χ4n) is 2.07. The molecule has 16 heavy (non-hydrogen) atoms. The van der Waals surface area contributed by atoms with Crippen molar-refractivity contribution >= 4 is 0 Å². The van der Waals surface area contributed by atoms with Crippen LogP contribution in [0.3, 0.4) is 0 Å². The summed E-state index contributed by atoms with van der Waals surface area (Å²) in [6, 6.07) is 0.682. The molecule has 0 amide bonds. The fourth-order valence-corrected chi connectivity index (χ4v) is 2.07. The standard InChI is InChI=1S/C11H21N5/c1-3-5-15(10-6-12-7-10)8-11-13-9-14-16(11)4-2/h9-10,12H,3-8H2,1-2H3. The van der Waals surface area contributed by atoms with Gasteiger partial charge >= 0.3 is 0 Å². The highest BCUT2D eigenvalue weighted by Gasteiger charge is 2.24. The highest BCUT2D eigenvalue weighted by atomic mass is 15.4. The van der Waals surface area contributed by atoms with Crippen molar-refractivity contribution in [3.63, 3.8) is 0 Å². The normalized spacial score (nSPS) is 16.7. The Morgan fingerprint density at radius 2 is 2.31 bits per heavy atom. The van der Waals surface area contributed by atoms with Crippen LogP contribution in [0, 0.1) is 0 Å². The van der Waals surface area contributed by atoms with Gasteiger partial charge in [0.25, 0.3) is 0 Å². The van der Waals surface area contributed by atoms with Crippen LogP contribution in [0.2, 0.25) is 0 Å². The Labute approximate surface area is 96.8 Å². The predicted molar refractivity (Wildman–Crippen MR) is 63.1 cm³/mol. The first-order valence-corrected chi connectivity index (χ1v) is 6.16. The predicted octanol–water partition coefficient (Wildman–Crippen LogP) is 0.482. The molecule has 1 aromatic heterocycles. The zero-order valence-corrected chi connectivity index (χ0v) is 10.2. The first-order valence-electron chi connectivity index (χ1n) is 6.16. The Balaban J connectivity index is 1.98. The third kappa shape index (κ3) is 2.41. The molecule has 0 atom stereocenters. The van der Waals surface area contributed by atoms with Gasteiger partial charge in [-0.2, -0.15) is 5.10 Å². The summed E-state index contributed by atoms with van der Waals surface area (Å²) in [6.45, 7) is 9.52. The number of aromatic nitrogens is 3. The lowest BCUT2D eigenvalue weighted by molar-refractivity contribution is 0.132. The minimum atomic E-state index is 0.682. The number of hydrogen-bond acceptors (Lipinski definition) is 4. The minimum Gasteiger partial charge on any atom is -0.314 e. The SMILES string of the molecule is CCCN(Cc1ncnn1CC)C1CNC1. The van der Waals surface area contributed by atoms with Gasteiger partial charge in [-0.15, -0.1) is 0 Å². The van der Waals surface area contributed by atoms with Crippen LogP contribution < -0.4 is 5.32 Å². The molecule has 5 nitrogen and oxygen atoms in total. The Morgan fingerprint density at radius 1 is 1.50 bits per heavy atom. The summed E-state index contributed by atoms with van der Waals surface area (Å²) in [7, 11) is 0. The van der Waals surface area contributed by atoms with Gasteiger partial charge in [0.15, 0.2) is 0 Å². The Bertz CT molecular complexity index is 318. The summed E-state index contributed by atoms with van der Waals surface area (Å²) in [5.41, 5.74) is 0. The van der Waals surface area contributed by atoms with Crippen molar-refractivity contribution in [2.45, 2.75) is 39.4 Å². The topological polar surface area (TPSA) is 46.0 Å². The number of nitrogens with one attached hydrogen (secondary N) is 1. The van der Waals surface area contributed by atoms with Crippen molar-refractivity contribution in [2.24, 2.45) is 0 Å². The van der Waals surface area contributed by atoms with E-state index in [1.54, 1.807) is 6.33 Å². The van der Waals surface area contributed by atoms with Gasteiger partial charge in [0.2, 0.25) is 0 Å². The summed E-state index contributed by atoms with van der Waals surface area (Å²) in [4.78, 5) is 6.85. The van der Waals surface area contributed by atoms with Gasteiger partial charge in [0.1, 0.15) is 12.2 Å². The van der Waals surface area contributed by atoms with Crippen molar-refractivity contribution in [2.75, 3.05) is 19.6 Å². The second-order valence-corrected chi connectivity index (χ2v) is 4.27. The molecule has 0 saturated carbocycles. The number of nitrogens with zero attached hydrogens (tertiary/aromatic N) is 4. The molecule has 1 aliphatic rings. The maximum atomic E-state index is 4.34. The van der Waals surface area contributed by atoms with Gasteiger partial charge < -0.3 is 5.32 Å². The van der Waals surface area contributed by atoms with Crippen molar-refractivity contribution < 1.29 is 0 Å². The van der Waals surface area contributed by atoms with Crippen LogP contribution in [-0.2, 0) is 13.1 Å². The average molecular weight is 223 g/mol. The van der Waals surface area contributed by atoms with Crippen LogP contribution >= 0.6 is 0 Å². The molecule has 1 saturated heterocycles. The van der Waals surface area contributed by atoms with Crippen molar-refractivity contribution in [3.8, 4) is 0 Å². The molecule has 0 bridgehead atoms. The van der Waals surface area contributed by atoms with Crippen LogP contribution in [0.5, 0.6) is 0 Å². The van der Waals surface area contributed by atoms with Crippen LogP contribution in [-0.4, -0.2) is 45.3 Å². The van der Waals surface area contributed by atoms with E-state index in [1.165, 1.54) is 6.42 Å². The van der Waals surface area contributed by atoms with E-state index in [1.807, 2.05) is 4.68 Å². The van der Waals surface area contributed by atoms with Gasteiger partial charge in [0.05, 0.1) is 6.54 Å². The molecule has 0 unspecified atom stereocenters. The van der Waals surface area contributed by atoms with E-state index in [2.05, 4.69) is 34.1 Å². The minimum absolute atomic E-state index is 0.682. The molecule has 0 spiro atoms. The highest BCUT2D eigenvalue weighted by Crippen LogP contribution is 2.10. The monoisotopic (exact) mass is 223 g/mol. The molecule has 1 aromatic rings. The van der Waals surface area contributed by atoms with Gasteiger partial charge in [-0.1, -0.05) is 6.92 Å². The van der Waals surface area contributed by atoms with E-state index in [-0.39, 0.29) is 0 Å². The quantitative estimate of drug-likeness (QED) is 0.762. The smallest absolute Gasteiger partial charge is 0.141 e. The molecule has 2 heterocycles. The summed E-state index contributed by atoms with van der Waals surface area (Å²) >= 11 is 0. The summed E-state index contributed by atoms with van der Waals surface area (Å²) < 4.78 is 1.98. The maximum Gasteiger partial charge on any atom is 0.141 e. The number of aryl methyl sites for hydroxylation is 1.